The van der Waals surface area contributed by atoms with Crippen LogP contribution in [0.5, 0.6) is 0 Å². The molecule has 0 aliphatic carbocycles. The number of amides is 1. The summed E-state index contributed by atoms with van der Waals surface area (Å²) in [7, 11) is 1.53. The number of guanidine groups is 1. The third-order valence-corrected chi connectivity index (χ3v) is 6.19. The minimum Gasteiger partial charge on any atom is -0.453 e. The van der Waals surface area contributed by atoms with Crippen LogP contribution in [0.25, 0.3) is 11.0 Å². The molecule has 2 heterocycles. The molecule has 1 unspecified atom stereocenters. The van der Waals surface area contributed by atoms with Crippen LogP contribution in [0, 0.1) is 12.7 Å². The van der Waals surface area contributed by atoms with Gasteiger partial charge in [0.1, 0.15) is 11.4 Å². The fraction of sp³-hybridized carbons (Fsp3) is 0.261. The number of hydrogen-bond donors (Lipinski definition) is 1. The number of nitrogens with zero attached hydrogens (tertiary/aromatic N) is 2. The SMILES string of the molecule is Cc1c(C(=O)Cc2ccc(F)c(C3(C)CC(=O)N(C)C(N)=N3)c2)oc2ccc(Br)cc12. The van der Waals surface area contributed by atoms with Gasteiger partial charge in [-0.15, -0.1) is 0 Å². The van der Waals surface area contributed by atoms with Gasteiger partial charge in [0.2, 0.25) is 11.7 Å². The molecule has 1 aliphatic heterocycles. The number of fused-ring (bicyclic) bond motifs is 1. The minimum atomic E-state index is -1.14. The average Bonchev–Trinajstić information content (AvgIpc) is 3.03. The average molecular weight is 486 g/mol. The van der Waals surface area contributed by atoms with Crippen molar-refractivity contribution in [3.05, 3.63) is 69.1 Å². The second-order valence-corrected chi connectivity index (χ2v) is 8.90. The fourth-order valence-corrected chi connectivity index (χ4v) is 4.24. The number of halogens is 2. The highest BCUT2D eigenvalue weighted by atomic mass is 79.9. The summed E-state index contributed by atoms with van der Waals surface area (Å²) in [5, 5.41) is 0.861. The molecule has 0 fully saturated rings. The summed E-state index contributed by atoms with van der Waals surface area (Å²) in [6, 6.07) is 9.98. The van der Waals surface area contributed by atoms with Gasteiger partial charge in [0.05, 0.1) is 12.0 Å². The van der Waals surface area contributed by atoms with Crippen LogP contribution in [0.3, 0.4) is 0 Å². The van der Waals surface area contributed by atoms with Crippen LogP contribution >= 0.6 is 15.9 Å². The number of carbonyl (C=O) groups excluding carboxylic acids is 2. The Hall–Kier alpha value is -3.00. The Labute approximate surface area is 187 Å². The van der Waals surface area contributed by atoms with Crippen LogP contribution in [0.2, 0.25) is 0 Å². The molecule has 0 saturated heterocycles. The Bertz CT molecular complexity index is 1270. The van der Waals surface area contributed by atoms with Crippen LogP contribution in [-0.2, 0) is 16.8 Å². The van der Waals surface area contributed by atoms with Gasteiger partial charge in [-0.3, -0.25) is 14.5 Å². The Kier molecular flexibility index (Phi) is 5.21. The first kappa shape index (κ1) is 21.2. The van der Waals surface area contributed by atoms with Gasteiger partial charge in [-0.2, -0.15) is 0 Å². The molecule has 1 amide bonds. The lowest BCUT2D eigenvalue weighted by Gasteiger charge is -2.34. The van der Waals surface area contributed by atoms with Crippen molar-refractivity contribution in [2.24, 2.45) is 10.7 Å². The maximum absolute atomic E-state index is 14.7. The van der Waals surface area contributed by atoms with Gasteiger partial charge in [0, 0.05) is 34.5 Å². The third kappa shape index (κ3) is 3.76. The number of ketones is 1. The van der Waals surface area contributed by atoms with Gasteiger partial charge in [-0.1, -0.05) is 22.0 Å². The van der Waals surface area contributed by atoms with E-state index in [9.17, 15) is 14.0 Å². The first-order chi connectivity index (χ1) is 14.6. The van der Waals surface area contributed by atoms with E-state index in [-0.39, 0.29) is 41.8 Å². The quantitative estimate of drug-likeness (QED) is 0.552. The van der Waals surface area contributed by atoms with Crippen LogP contribution < -0.4 is 5.73 Å². The Morgan fingerprint density at radius 2 is 2.06 bits per heavy atom. The topological polar surface area (TPSA) is 88.9 Å². The Morgan fingerprint density at radius 3 is 2.77 bits per heavy atom. The summed E-state index contributed by atoms with van der Waals surface area (Å²) in [5.74, 6) is -0.655. The maximum atomic E-state index is 14.7. The van der Waals surface area contributed by atoms with Crippen molar-refractivity contribution in [3.63, 3.8) is 0 Å². The van der Waals surface area contributed by atoms with Gasteiger partial charge in [-0.05, 0) is 49.7 Å². The number of aliphatic imine (C=N–C) groups is 1. The van der Waals surface area contributed by atoms with E-state index in [0.29, 0.717) is 11.1 Å². The zero-order chi connectivity index (χ0) is 22.5. The van der Waals surface area contributed by atoms with Crippen molar-refractivity contribution in [1.82, 2.24) is 4.90 Å². The zero-order valence-electron chi connectivity index (χ0n) is 17.3. The van der Waals surface area contributed by atoms with Crippen LogP contribution in [0.4, 0.5) is 4.39 Å². The smallest absolute Gasteiger partial charge is 0.231 e. The molecular weight excluding hydrogens is 465 g/mol. The number of Topliss-reactive ketones (excluding diaryl/α,β-unsaturated/α-hetero) is 1. The van der Waals surface area contributed by atoms with Crippen molar-refractivity contribution in [1.29, 1.82) is 0 Å². The molecule has 0 spiro atoms. The molecule has 0 bridgehead atoms. The molecule has 4 rings (SSSR count). The molecule has 0 radical (unpaired) electrons. The highest BCUT2D eigenvalue weighted by molar-refractivity contribution is 9.10. The first-order valence-electron chi connectivity index (χ1n) is 9.72. The van der Waals surface area contributed by atoms with E-state index in [0.717, 1.165) is 15.4 Å². The van der Waals surface area contributed by atoms with E-state index >= 15 is 0 Å². The van der Waals surface area contributed by atoms with E-state index in [1.165, 1.54) is 18.0 Å². The predicted molar refractivity (Wildman–Crippen MR) is 119 cm³/mol. The molecular formula is C23H21BrFN3O3. The minimum absolute atomic E-state index is 0.0178. The highest BCUT2D eigenvalue weighted by Gasteiger charge is 2.38. The van der Waals surface area contributed by atoms with Crippen LogP contribution in [0.15, 0.2) is 50.3 Å². The molecule has 160 valence electrons. The summed E-state index contributed by atoms with van der Waals surface area (Å²) in [6.07, 6.45) is 0.00825. The molecule has 31 heavy (non-hydrogen) atoms. The number of benzene rings is 2. The lowest BCUT2D eigenvalue weighted by Crippen LogP contribution is -2.47. The number of hydrogen-bond acceptors (Lipinski definition) is 5. The molecule has 1 aliphatic rings. The normalized spacial score (nSPS) is 19.1. The number of carbonyl (C=O) groups is 2. The van der Waals surface area contributed by atoms with E-state index in [2.05, 4.69) is 20.9 Å². The van der Waals surface area contributed by atoms with Gasteiger partial charge in [-0.25, -0.2) is 9.38 Å². The predicted octanol–water partition coefficient (Wildman–Crippen LogP) is 4.46. The Morgan fingerprint density at radius 1 is 1.32 bits per heavy atom. The number of furan rings is 1. The fourth-order valence-electron chi connectivity index (χ4n) is 3.88. The van der Waals surface area contributed by atoms with E-state index < -0.39 is 11.4 Å². The van der Waals surface area contributed by atoms with E-state index in [1.54, 1.807) is 25.1 Å². The second-order valence-electron chi connectivity index (χ2n) is 7.98. The molecule has 0 saturated carbocycles. The van der Waals surface area contributed by atoms with Crippen LogP contribution in [-0.4, -0.2) is 29.6 Å². The summed E-state index contributed by atoms with van der Waals surface area (Å²) >= 11 is 3.43. The summed E-state index contributed by atoms with van der Waals surface area (Å²) in [6.45, 7) is 3.50. The van der Waals surface area contributed by atoms with Gasteiger partial charge >= 0.3 is 0 Å². The van der Waals surface area contributed by atoms with Crippen LogP contribution in [0.1, 0.15) is 40.6 Å². The van der Waals surface area contributed by atoms with Crippen molar-refractivity contribution >= 4 is 44.5 Å². The van der Waals surface area contributed by atoms with E-state index in [4.69, 9.17) is 10.2 Å². The monoisotopic (exact) mass is 485 g/mol. The molecule has 8 heteroatoms. The third-order valence-electron chi connectivity index (χ3n) is 5.70. The zero-order valence-corrected chi connectivity index (χ0v) is 18.9. The summed E-state index contributed by atoms with van der Waals surface area (Å²) in [4.78, 5) is 30.9. The molecule has 3 aromatic rings. The van der Waals surface area contributed by atoms with Crippen molar-refractivity contribution in [2.45, 2.75) is 32.2 Å². The van der Waals surface area contributed by atoms with Gasteiger partial charge in [0.25, 0.3) is 0 Å². The number of rotatable bonds is 4. The van der Waals surface area contributed by atoms with E-state index in [1.807, 2.05) is 19.1 Å². The maximum Gasteiger partial charge on any atom is 0.231 e. The largest absolute Gasteiger partial charge is 0.453 e. The van der Waals surface area contributed by atoms with Crippen molar-refractivity contribution in [3.8, 4) is 0 Å². The first-order valence-corrected chi connectivity index (χ1v) is 10.5. The lowest BCUT2D eigenvalue weighted by molar-refractivity contribution is -0.128. The molecule has 1 atom stereocenters. The van der Waals surface area contributed by atoms with Gasteiger partial charge < -0.3 is 10.2 Å². The molecule has 6 nitrogen and oxygen atoms in total. The second kappa shape index (κ2) is 7.60. The van der Waals surface area contributed by atoms with Crippen molar-refractivity contribution < 1.29 is 18.4 Å². The standard InChI is InChI=1S/C23H21BrFN3O3/c1-12-15-10-14(24)5-7-19(15)31-21(12)18(29)9-13-4-6-17(25)16(8-13)23(2)11-20(30)28(3)22(26)27-23/h4-8,10H,9,11H2,1-3H3,(H2,26,27). The number of aryl methyl sites for hydroxylation is 1. The Balaban J connectivity index is 1.67. The molecule has 2 N–H and O–H groups in total. The lowest BCUT2D eigenvalue weighted by atomic mass is 9.85. The highest BCUT2D eigenvalue weighted by Crippen LogP contribution is 2.35. The summed E-state index contributed by atoms with van der Waals surface area (Å²) in [5.41, 5.74) is 6.93. The molecule has 2 aromatic carbocycles. The van der Waals surface area contributed by atoms with Crippen molar-refractivity contribution in [2.75, 3.05) is 7.05 Å². The number of nitrogens with two attached hydrogens (primary N) is 1. The molecule has 1 aromatic heterocycles. The van der Waals surface area contributed by atoms with Gasteiger partial charge in [0.15, 0.2) is 11.7 Å². The summed E-state index contributed by atoms with van der Waals surface area (Å²) < 4.78 is 21.4.